The highest BCUT2D eigenvalue weighted by molar-refractivity contribution is 5.63. The predicted octanol–water partition coefficient (Wildman–Crippen LogP) is 7.08. The van der Waals surface area contributed by atoms with Gasteiger partial charge in [-0.3, -0.25) is 4.90 Å². The summed E-state index contributed by atoms with van der Waals surface area (Å²) in [5, 5.41) is 0. The quantitative estimate of drug-likeness (QED) is 0.354. The molecule has 4 heteroatoms. The molecule has 3 aliphatic rings. The number of unbranched alkanes of at least 4 members (excludes halogenated alkanes) is 1. The Labute approximate surface area is 216 Å². The van der Waals surface area contributed by atoms with Gasteiger partial charge in [0.15, 0.2) is 0 Å². The molecule has 2 heterocycles. The van der Waals surface area contributed by atoms with Crippen molar-refractivity contribution in [3.63, 3.8) is 0 Å². The maximum absolute atomic E-state index is 5.92. The minimum Gasteiger partial charge on any atom is -0.378 e. The van der Waals surface area contributed by atoms with Gasteiger partial charge in [-0.15, -0.1) is 0 Å². The molecule has 0 N–H and O–H groups in total. The Balaban J connectivity index is 1.51. The van der Waals surface area contributed by atoms with E-state index in [0.29, 0.717) is 11.5 Å². The Morgan fingerprint density at radius 2 is 1.51 bits per heavy atom. The standard InChI is InChI=1S/C31H53N3O/c1-5-9-18-32-21-23-34(24-22-32)30-11-10-27(33-19-14-28(15-20-33)35-8-4)25-29(30)26-12-16-31(6-2,7-3)17-13-26/h10-11,25-26,28H,5-9,12-24H2,1-4H3. The summed E-state index contributed by atoms with van der Waals surface area (Å²) in [5.41, 5.74) is 5.24. The molecule has 4 rings (SSSR count). The van der Waals surface area contributed by atoms with E-state index in [1.54, 1.807) is 11.3 Å². The molecule has 2 saturated heterocycles. The fourth-order valence-electron chi connectivity index (χ4n) is 6.96. The Kier molecular flexibility index (Phi) is 9.81. The van der Waals surface area contributed by atoms with Gasteiger partial charge in [-0.05, 0) is 93.5 Å². The Morgan fingerprint density at radius 1 is 0.829 bits per heavy atom. The van der Waals surface area contributed by atoms with Crippen LogP contribution in [0.4, 0.5) is 11.4 Å². The lowest BCUT2D eigenvalue weighted by Crippen LogP contribution is -2.47. The third-order valence-corrected chi connectivity index (χ3v) is 9.75. The number of ether oxygens (including phenoxy) is 1. The second-order valence-corrected chi connectivity index (χ2v) is 11.5. The summed E-state index contributed by atoms with van der Waals surface area (Å²) in [4.78, 5) is 8.01. The first-order valence-electron chi connectivity index (χ1n) is 15.1. The van der Waals surface area contributed by atoms with Gasteiger partial charge in [-0.25, -0.2) is 0 Å². The number of benzene rings is 1. The van der Waals surface area contributed by atoms with Crippen molar-refractivity contribution in [2.45, 2.75) is 104 Å². The van der Waals surface area contributed by atoms with Crippen molar-refractivity contribution in [1.29, 1.82) is 0 Å². The van der Waals surface area contributed by atoms with Crippen molar-refractivity contribution in [2.24, 2.45) is 5.41 Å². The van der Waals surface area contributed by atoms with E-state index in [0.717, 1.165) is 38.5 Å². The molecule has 0 amide bonds. The van der Waals surface area contributed by atoms with Crippen LogP contribution >= 0.6 is 0 Å². The van der Waals surface area contributed by atoms with Gasteiger partial charge < -0.3 is 14.5 Å². The average molecular weight is 484 g/mol. The van der Waals surface area contributed by atoms with Crippen molar-refractivity contribution in [3.8, 4) is 0 Å². The van der Waals surface area contributed by atoms with E-state index in [9.17, 15) is 0 Å². The second-order valence-electron chi connectivity index (χ2n) is 11.5. The van der Waals surface area contributed by atoms with Gasteiger partial charge in [-0.1, -0.05) is 40.0 Å². The number of hydrogen-bond donors (Lipinski definition) is 0. The maximum atomic E-state index is 5.92. The summed E-state index contributed by atoms with van der Waals surface area (Å²) in [6.07, 6.45) is 13.6. The van der Waals surface area contributed by atoms with E-state index in [4.69, 9.17) is 4.74 Å². The highest BCUT2D eigenvalue weighted by Gasteiger charge is 2.34. The van der Waals surface area contributed by atoms with E-state index in [-0.39, 0.29) is 0 Å². The second kappa shape index (κ2) is 12.8. The molecule has 198 valence electrons. The first kappa shape index (κ1) is 26.8. The number of nitrogens with zero attached hydrogens (tertiary/aromatic N) is 3. The monoisotopic (exact) mass is 483 g/mol. The van der Waals surface area contributed by atoms with Crippen LogP contribution in [-0.4, -0.2) is 63.4 Å². The van der Waals surface area contributed by atoms with Crippen molar-refractivity contribution < 1.29 is 4.74 Å². The maximum Gasteiger partial charge on any atom is 0.0608 e. The molecule has 0 spiro atoms. The lowest BCUT2D eigenvalue weighted by Gasteiger charge is -2.42. The molecule has 35 heavy (non-hydrogen) atoms. The van der Waals surface area contributed by atoms with Gasteiger partial charge in [0, 0.05) is 57.3 Å². The first-order valence-corrected chi connectivity index (χ1v) is 15.1. The van der Waals surface area contributed by atoms with Crippen LogP contribution in [0.15, 0.2) is 18.2 Å². The normalized spacial score (nSPS) is 22.6. The van der Waals surface area contributed by atoms with Crippen molar-refractivity contribution in [1.82, 2.24) is 4.90 Å². The topological polar surface area (TPSA) is 19.0 Å². The molecule has 4 nitrogen and oxygen atoms in total. The fraction of sp³-hybridized carbons (Fsp3) is 0.806. The zero-order valence-corrected chi connectivity index (χ0v) is 23.4. The molecular formula is C31H53N3O. The number of piperazine rings is 1. The Bertz CT molecular complexity index is 750. The highest BCUT2D eigenvalue weighted by Crippen LogP contribution is 2.49. The third-order valence-electron chi connectivity index (χ3n) is 9.75. The van der Waals surface area contributed by atoms with Gasteiger partial charge in [0.2, 0.25) is 0 Å². The van der Waals surface area contributed by atoms with Crippen LogP contribution in [0.5, 0.6) is 0 Å². The van der Waals surface area contributed by atoms with Crippen LogP contribution in [-0.2, 0) is 4.74 Å². The SMILES string of the molecule is CCCCN1CCN(c2ccc(N3CCC(OCC)CC3)cc2C2CCC(CC)(CC)CC2)CC1. The van der Waals surface area contributed by atoms with E-state index in [1.165, 1.54) is 89.8 Å². The lowest BCUT2D eigenvalue weighted by molar-refractivity contribution is 0.0459. The fourth-order valence-corrected chi connectivity index (χ4v) is 6.96. The Hall–Kier alpha value is -1.26. The minimum absolute atomic E-state index is 0.452. The zero-order chi connectivity index (χ0) is 24.7. The van der Waals surface area contributed by atoms with E-state index < -0.39 is 0 Å². The summed E-state index contributed by atoms with van der Waals surface area (Å²) in [6.45, 7) is 18.4. The molecule has 1 aliphatic carbocycles. The molecular weight excluding hydrogens is 430 g/mol. The van der Waals surface area contributed by atoms with Gasteiger partial charge in [0.05, 0.1) is 6.10 Å². The van der Waals surface area contributed by atoms with Crippen LogP contribution in [0.1, 0.15) is 103 Å². The van der Waals surface area contributed by atoms with Crippen LogP contribution in [0, 0.1) is 5.41 Å². The van der Waals surface area contributed by atoms with E-state index in [1.807, 2.05) is 0 Å². The zero-order valence-electron chi connectivity index (χ0n) is 23.4. The number of rotatable bonds is 10. The molecule has 0 aromatic heterocycles. The number of piperidine rings is 1. The summed E-state index contributed by atoms with van der Waals surface area (Å²) < 4.78 is 5.92. The van der Waals surface area contributed by atoms with Crippen LogP contribution in [0.25, 0.3) is 0 Å². The molecule has 1 saturated carbocycles. The third kappa shape index (κ3) is 6.55. The Morgan fingerprint density at radius 3 is 2.11 bits per heavy atom. The smallest absolute Gasteiger partial charge is 0.0608 e. The lowest BCUT2D eigenvalue weighted by atomic mass is 9.66. The van der Waals surface area contributed by atoms with E-state index >= 15 is 0 Å². The molecule has 0 unspecified atom stereocenters. The van der Waals surface area contributed by atoms with E-state index in [2.05, 4.69) is 60.6 Å². The summed E-state index contributed by atoms with van der Waals surface area (Å²) in [5.74, 6) is 0.718. The van der Waals surface area contributed by atoms with Crippen molar-refractivity contribution in [3.05, 3.63) is 23.8 Å². The molecule has 0 radical (unpaired) electrons. The number of anilines is 2. The first-order chi connectivity index (χ1) is 17.1. The van der Waals surface area contributed by atoms with Gasteiger partial charge in [0.25, 0.3) is 0 Å². The highest BCUT2D eigenvalue weighted by atomic mass is 16.5. The van der Waals surface area contributed by atoms with Gasteiger partial charge >= 0.3 is 0 Å². The molecule has 1 aromatic rings. The summed E-state index contributed by atoms with van der Waals surface area (Å²) in [7, 11) is 0. The van der Waals surface area contributed by atoms with Gasteiger partial charge in [0.1, 0.15) is 0 Å². The summed E-state index contributed by atoms with van der Waals surface area (Å²) in [6, 6.07) is 7.52. The molecule has 0 atom stereocenters. The van der Waals surface area contributed by atoms with Crippen molar-refractivity contribution >= 4 is 11.4 Å². The molecule has 3 fully saturated rings. The average Bonchev–Trinajstić information content (AvgIpc) is 2.92. The predicted molar refractivity (Wildman–Crippen MR) is 151 cm³/mol. The van der Waals surface area contributed by atoms with Crippen LogP contribution < -0.4 is 9.80 Å². The van der Waals surface area contributed by atoms with Gasteiger partial charge in [-0.2, -0.15) is 0 Å². The van der Waals surface area contributed by atoms with Crippen LogP contribution in [0.2, 0.25) is 0 Å². The van der Waals surface area contributed by atoms with Crippen LogP contribution in [0.3, 0.4) is 0 Å². The van der Waals surface area contributed by atoms with Crippen molar-refractivity contribution in [2.75, 3.05) is 62.2 Å². The molecule has 2 aliphatic heterocycles. The summed E-state index contributed by atoms with van der Waals surface area (Å²) >= 11 is 0. The molecule has 0 bridgehead atoms. The number of hydrogen-bond acceptors (Lipinski definition) is 4. The molecule has 1 aromatic carbocycles. The minimum atomic E-state index is 0.452. The largest absolute Gasteiger partial charge is 0.378 e.